The Bertz CT molecular complexity index is 982. The Hall–Kier alpha value is -2.36. The number of aromatic nitrogens is 3. The summed E-state index contributed by atoms with van der Waals surface area (Å²) >= 11 is 0. The molecule has 0 aliphatic carbocycles. The molecule has 1 unspecified atom stereocenters. The van der Waals surface area contributed by atoms with Crippen LogP contribution in [-0.2, 0) is 11.8 Å². The van der Waals surface area contributed by atoms with Gasteiger partial charge in [-0.25, -0.2) is 0 Å². The Morgan fingerprint density at radius 2 is 1.72 bits per heavy atom. The lowest BCUT2D eigenvalue weighted by Crippen LogP contribution is -2.14. The van der Waals surface area contributed by atoms with Gasteiger partial charge in [0.15, 0.2) is 0 Å². The van der Waals surface area contributed by atoms with Crippen LogP contribution in [0.4, 0.5) is 0 Å². The van der Waals surface area contributed by atoms with Crippen molar-refractivity contribution in [2.75, 3.05) is 0 Å². The van der Waals surface area contributed by atoms with Gasteiger partial charge in [0.25, 0.3) is 0 Å². The quantitative estimate of drug-likeness (QED) is 0.456. The Morgan fingerprint density at radius 3 is 2.38 bits per heavy atom. The Labute approximate surface area is 175 Å². The number of rotatable bonds is 7. The van der Waals surface area contributed by atoms with Gasteiger partial charge in [0, 0.05) is 0 Å². The van der Waals surface area contributed by atoms with Crippen LogP contribution >= 0.6 is 0 Å². The van der Waals surface area contributed by atoms with Crippen molar-refractivity contribution in [3.05, 3.63) is 47.0 Å². The van der Waals surface area contributed by atoms with Crippen molar-refractivity contribution in [1.82, 2.24) is 15.0 Å². The van der Waals surface area contributed by atoms with E-state index < -0.39 is 0 Å². The highest BCUT2D eigenvalue weighted by atomic mass is 16.3. The predicted molar refractivity (Wildman–Crippen MR) is 121 cm³/mol. The second-order valence-corrected chi connectivity index (χ2v) is 9.26. The van der Waals surface area contributed by atoms with Gasteiger partial charge in [-0.05, 0) is 65.5 Å². The molecule has 0 radical (unpaired) electrons. The molecule has 0 saturated heterocycles. The van der Waals surface area contributed by atoms with E-state index in [4.69, 9.17) is 5.10 Å². The third-order valence-corrected chi connectivity index (χ3v) is 5.86. The topological polar surface area (TPSA) is 50.9 Å². The summed E-state index contributed by atoms with van der Waals surface area (Å²) in [5.74, 6) is 0.557. The van der Waals surface area contributed by atoms with Crippen LogP contribution in [0.1, 0.15) is 89.8 Å². The van der Waals surface area contributed by atoms with Crippen LogP contribution in [0.3, 0.4) is 0 Å². The van der Waals surface area contributed by atoms with Crippen molar-refractivity contribution in [1.29, 1.82) is 0 Å². The molecule has 0 aliphatic heterocycles. The summed E-state index contributed by atoms with van der Waals surface area (Å²) in [5.41, 5.74) is 5.82. The molecule has 1 N–H and O–H groups in total. The molecular weight excluding hydrogens is 358 g/mol. The maximum Gasteiger partial charge on any atom is 0.146 e. The molecule has 4 heteroatoms. The van der Waals surface area contributed by atoms with Gasteiger partial charge in [-0.1, -0.05) is 66.5 Å². The van der Waals surface area contributed by atoms with E-state index in [2.05, 4.69) is 64.8 Å². The Kier molecular flexibility index (Phi) is 6.30. The molecule has 1 heterocycles. The normalized spacial score (nSPS) is 13.2. The highest BCUT2D eigenvalue weighted by Crippen LogP contribution is 2.37. The smallest absolute Gasteiger partial charge is 0.146 e. The maximum absolute atomic E-state index is 11.1. The molecule has 0 saturated carbocycles. The maximum atomic E-state index is 11.1. The van der Waals surface area contributed by atoms with Crippen LogP contribution in [0.15, 0.2) is 30.3 Å². The number of aromatic hydroxyl groups is 1. The third kappa shape index (κ3) is 4.63. The number of phenols is 1. The van der Waals surface area contributed by atoms with Crippen molar-refractivity contribution in [3.63, 3.8) is 0 Å². The molecule has 1 atom stereocenters. The minimum Gasteiger partial charge on any atom is -0.505 e. The van der Waals surface area contributed by atoms with Gasteiger partial charge in [0.2, 0.25) is 0 Å². The summed E-state index contributed by atoms with van der Waals surface area (Å²) in [6.45, 7) is 13.1. The van der Waals surface area contributed by atoms with Gasteiger partial charge in [-0.15, -0.1) is 15.0 Å². The van der Waals surface area contributed by atoms with Gasteiger partial charge < -0.3 is 5.11 Å². The fraction of sp³-hybridized carbons (Fsp3) is 0.520. The first-order valence-electron chi connectivity index (χ1n) is 11.0. The number of unbranched alkanes of at least 4 members (excludes halogenated alkanes) is 2. The van der Waals surface area contributed by atoms with Crippen LogP contribution in [0.25, 0.3) is 16.7 Å². The molecule has 0 aliphatic rings. The Morgan fingerprint density at radius 1 is 1.00 bits per heavy atom. The lowest BCUT2D eigenvalue weighted by atomic mass is 9.83. The average Bonchev–Trinajstić information content (AvgIpc) is 3.10. The average molecular weight is 394 g/mol. The van der Waals surface area contributed by atoms with Gasteiger partial charge >= 0.3 is 0 Å². The zero-order valence-electron chi connectivity index (χ0n) is 18.8. The summed E-state index contributed by atoms with van der Waals surface area (Å²) in [7, 11) is 0. The molecule has 156 valence electrons. The van der Waals surface area contributed by atoms with Gasteiger partial charge in [0.05, 0.1) is 0 Å². The van der Waals surface area contributed by atoms with Crippen molar-refractivity contribution >= 4 is 11.0 Å². The second kappa shape index (κ2) is 8.56. The summed E-state index contributed by atoms with van der Waals surface area (Å²) < 4.78 is 0. The number of phenolic OH excluding ortho intramolecular Hbond substituents is 1. The molecule has 0 fully saturated rings. The SMILES string of the molecule is CCCCCc1ccc2nn(-c3cc(C(C)(C)C)cc(C(C)CC)c3O)nc2c1. The fourth-order valence-corrected chi connectivity index (χ4v) is 3.62. The number of nitrogens with zero attached hydrogens (tertiary/aromatic N) is 3. The zero-order valence-corrected chi connectivity index (χ0v) is 18.8. The molecule has 2 aromatic carbocycles. The van der Waals surface area contributed by atoms with E-state index in [-0.39, 0.29) is 17.1 Å². The molecule has 0 spiro atoms. The molecule has 1 aromatic heterocycles. The zero-order chi connectivity index (χ0) is 21.2. The van der Waals surface area contributed by atoms with Crippen LogP contribution < -0.4 is 0 Å². The molecule has 3 aromatic rings. The fourth-order valence-electron chi connectivity index (χ4n) is 3.62. The summed E-state index contributed by atoms with van der Waals surface area (Å²) in [5, 5.41) is 20.5. The van der Waals surface area contributed by atoms with Crippen LogP contribution in [0.5, 0.6) is 5.75 Å². The monoisotopic (exact) mass is 393 g/mol. The van der Waals surface area contributed by atoms with Crippen LogP contribution in [-0.4, -0.2) is 20.1 Å². The van der Waals surface area contributed by atoms with Gasteiger partial charge in [-0.3, -0.25) is 0 Å². The molecule has 3 rings (SSSR count). The van der Waals surface area contributed by atoms with Crippen LogP contribution in [0, 0.1) is 0 Å². The van der Waals surface area contributed by atoms with E-state index in [9.17, 15) is 5.11 Å². The minimum absolute atomic E-state index is 0.0241. The first kappa shape index (κ1) is 21.4. The van der Waals surface area contributed by atoms with Gasteiger partial charge in [0.1, 0.15) is 22.5 Å². The summed E-state index contributed by atoms with van der Waals surface area (Å²) in [6.07, 6.45) is 5.70. The lowest BCUT2D eigenvalue weighted by molar-refractivity contribution is 0.452. The van der Waals surface area contributed by atoms with Crippen molar-refractivity contribution in [2.45, 2.75) is 85.0 Å². The van der Waals surface area contributed by atoms with E-state index in [1.54, 1.807) is 4.80 Å². The lowest BCUT2D eigenvalue weighted by Gasteiger charge is -2.23. The van der Waals surface area contributed by atoms with E-state index >= 15 is 0 Å². The van der Waals surface area contributed by atoms with E-state index in [0.717, 1.165) is 29.4 Å². The molecule has 29 heavy (non-hydrogen) atoms. The first-order chi connectivity index (χ1) is 13.7. The largest absolute Gasteiger partial charge is 0.505 e. The molecular formula is C25H35N3O. The van der Waals surface area contributed by atoms with Crippen molar-refractivity contribution in [3.8, 4) is 11.4 Å². The standard InChI is InChI=1S/C25H35N3O/c1-7-9-10-11-18-12-13-21-22(14-18)27-28(26-21)23-16-19(25(4,5)6)15-20(24(23)29)17(3)8-2/h12-17,29H,7-11H2,1-6H3. The number of fused-ring (bicyclic) bond motifs is 1. The predicted octanol–water partition coefficient (Wildman–Crippen LogP) is 6.67. The Balaban J connectivity index is 2.07. The third-order valence-electron chi connectivity index (χ3n) is 5.86. The first-order valence-corrected chi connectivity index (χ1v) is 11.0. The van der Waals surface area contributed by atoms with Crippen molar-refractivity contribution in [2.24, 2.45) is 0 Å². The van der Waals surface area contributed by atoms with E-state index in [1.807, 2.05) is 12.1 Å². The van der Waals surface area contributed by atoms with E-state index in [0.29, 0.717) is 5.69 Å². The summed E-state index contributed by atoms with van der Waals surface area (Å²) in [6, 6.07) is 10.5. The van der Waals surface area contributed by atoms with Crippen molar-refractivity contribution < 1.29 is 5.11 Å². The molecule has 4 nitrogen and oxygen atoms in total. The molecule has 0 bridgehead atoms. The highest BCUT2D eigenvalue weighted by molar-refractivity contribution is 5.75. The highest BCUT2D eigenvalue weighted by Gasteiger charge is 2.22. The van der Waals surface area contributed by atoms with Crippen LogP contribution in [0.2, 0.25) is 0 Å². The number of hydrogen-bond donors (Lipinski definition) is 1. The minimum atomic E-state index is -0.0241. The second-order valence-electron chi connectivity index (χ2n) is 9.26. The molecule has 0 amide bonds. The van der Waals surface area contributed by atoms with Gasteiger partial charge in [-0.2, -0.15) is 0 Å². The van der Waals surface area contributed by atoms with E-state index in [1.165, 1.54) is 30.4 Å². The summed E-state index contributed by atoms with van der Waals surface area (Å²) in [4.78, 5) is 1.61. The number of benzene rings is 2. The number of hydrogen-bond acceptors (Lipinski definition) is 3. The number of aryl methyl sites for hydroxylation is 1.